The minimum Gasteiger partial charge on any atom is -0.504 e. The number of likely N-dealkylation sites (N-methyl/N-ethyl adjacent to an activating group) is 1. The van der Waals surface area contributed by atoms with Crippen LogP contribution >= 0.6 is 0 Å². The number of nitrogens with zero attached hydrogens (tertiary/aromatic N) is 2. The number of hydrogen-bond donors (Lipinski definition) is 1. The number of phenolic OH excluding ortho intramolecular Hbond substituents is 1. The summed E-state index contributed by atoms with van der Waals surface area (Å²) in [6, 6.07) is 14.4. The van der Waals surface area contributed by atoms with Crippen molar-refractivity contribution in [2.45, 2.75) is 62.1 Å². The summed E-state index contributed by atoms with van der Waals surface area (Å²) in [5.74, 6) is 2.36. The summed E-state index contributed by atoms with van der Waals surface area (Å²) in [5, 5.41) is 10.8. The van der Waals surface area contributed by atoms with Crippen LogP contribution in [0.25, 0.3) is 6.08 Å². The normalized spacial score (nSPS) is 32.8. The largest absolute Gasteiger partial charge is 0.504 e. The fraction of sp³-hybridized carbons (Fsp3) is 0.500. The molecule has 182 valence electrons. The number of amides is 1. The van der Waals surface area contributed by atoms with Crippen molar-refractivity contribution in [3.63, 3.8) is 0 Å². The first-order valence-corrected chi connectivity index (χ1v) is 13.3. The van der Waals surface area contributed by atoms with E-state index in [1.807, 2.05) is 54.4 Å². The third kappa shape index (κ3) is 3.20. The highest BCUT2D eigenvalue weighted by molar-refractivity contribution is 5.92. The fourth-order valence-electron chi connectivity index (χ4n) is 7.87. The zero-order chi connectivity index (χ0) is 23.7. The average molecular weight is 471 g/mol. The van der Waals surface area contributed by atoms with Gasteiger partial charge in [-0.05, 0) is 80.2 Å². The van der Waals surface area contributed by atoms with Crippen LogP contribution in [-0.2, 0) is 16.6 Å². The summed E-state index contributed by atoms with van der Waals surface area (Å²) in [6.07, 6.45) is 10.4. The van der Waals surface area contributed by atoms with E-state index in [4.69, 9.17) is 4.74 Å². The van der Waals surface area contributed by atoms with Crippen LogP contribution in [0.2, 0.25) is 0 Å². The van der Waals surface area contributed by atoms with Gasteiger partial charge in [0.1, 0.15) is 6.10 Å². The van der Waals surface area contributed by atoms with Gasteiger partial charge in [-0.1, -0.05) is 36.4 Å². The van der Waals surface area contributed by atoms with Crippen LogP contribution in [-0.4, -0.2) is 59.1 Å². The highest BCUT2D eigenvalue weighted by Gasteiger charge is 2.66. The van der Waals surface area contributed by atoms with Crippen LogP contribution < -0.4 is 4.74 Å². The number of benzene rings is 2. The third-order valence-corrected chi connectivity index (χ3v) is 9.65. The molecule has 7 rings (SSSR count). The van der Waals surface area contributed by atoms with Crippen LogP contribution in [0, 0.1) is 11.8 Å². The predicted molar refractivity (Wildman–Crippen MR) is 135 cm³/mol. The number of ether oxygens (including phenoxy) is 1. The lowest BCUT2D eigenvalue weighted by atomic mass is 9.51. The number of carbonyl (C=O) groups excluding carboxylic acids is 1. The van der Waals surface area contributed by atoms with Crippen LogP contribution in [0.1, 0.15) is 48.8 Å². The van der Waals surface area contributed by atoms with Gasteiger partial charge in [-0.3, -0.25) is 9.69 Å². The fourth-order valence-corrected chi connectivity index (χ4v) is 7.87. The smallest absolute Gasteiger partial charge is 0.246 e. The molecule has 1 saturated heterocycles. The van der Waals surface area contributed by atoms with Crippen LogP contribution in [0.15, 0.2) is 48.5 Å². The van der Waals surface area contributed by atoms with E-state index in [-0.39, 0.29) is 29.2 Å². The van der Waals surface area contributed by atoms with Crippen molar-refractivity contribution in [1.82, 2.24) is 9.80 Å². The molecular formula is C30H34N2O3. The van der Waals surface area contributed by atoms with Crippen molar-refractivity contribution in [2.24, 2.45) is 11.8 Å². The standard InChI is InChI=1S/C30H34N2O3/c1-31(26(34)14-9-19-5-3-2-4-6-19)23-12-11-22-24-17-21-10-13-25(33)28-27(21)30(22,29(23)35-28)15-16-32(24)18-20-7-8-20/h2-6,9-10,13-14,20,22-24,29,33H,7-8,11-12,15-18H2,1H3/t22-,23+,24+,29-,30-/m0/s1. The minimum atomic E-state index is -0.104. The van der Waals surface area contributed by atoms with Crippen molar-refractivity contribution in [3.05, 3.63) is 65.2 Å². The van der Waals surface area contributed by atoms with Crippen LogP contribution in [0.3, 0.4) is 0 Å². The van der Waals surface area contributed by atoms with E-state index in [2.05, 4.69) is 11.0 Å². The Morgan fingerprint density at radius 3 is 2.80 bits per heavy atom. The number of likely N-dealkylation sites (tertiary alicyclic amines) is 1. The number of rotatable bonds is 5. The van der Waals surface area contributed by atoms with Crippen molar-refractivity contribution in [1.29, 1.82) is 0 Å². The summed E-state index contributed by atoms with van der Waals surface area (Å²) in [5.41, 5.74) is 3.53. The van der Waals surface area contributed by atoms with E-state index in [0.717, 1.165) is 43.7 Å². The molecular weight excluding hydrogens is 436 g/mol. The molecule has 2 heterocycles. The van der Waals surface area contributed by atoms with Crippen molar-refractivity contribution < 1.29 is 14.6 Å². The van der Waals surface area contributed by atoms with Crippen LogP contribution in [0.5, 0.6) is 11.5 Å². The van der Waals surface area contributed by atoms with E-state index >= 15 is 0 Å². The maximum atomic E-state index is 13.3. The molecule has 2 aromatic carbocycles. The summed E-state index contributed by atoms with van der Waals surface area (Å²) in [6.45, 7) is 2.32. The van der Waals surface area contributed by atoms with Gasteiger partial charge in [-0.2, -0.15) is 0 Å². The average Bonchev–Trinajstić information content (AvgIpc) is 3.63. The molecule has 3 fully saturated rings. The van der Waals surface area contributed by atoms with Crippen LogP contribution in [0.4, 0.5) is 0 Å². The Bertz CT molecular complexity index is 1190. The second-order valence-corrected chi connectivity index (χ2v) is 11.4. The predicted octanol–water partition coefficient (Wildman–Crippen LogP) is 4.38. The molecule has 0 unspecified atom stereocenters. The number of phenols is 1. The molecule has 5 atom stereocenters. The maximum absolute atomic E-state index is 13.3. The quantitative estimate of drug-likeness (QED) is 0.659. The minimum absolute atomic E-state index is 0.00689. The third-order valence-electron chi connectivity index (χ3n) is 9.65. The van der Waals surface area contributed by atoms with E-state index in [1.165, 1.54) is 30.5 Å². The molecule has 5 aliphatic rings. The topological polar surface area (TPSA) is 53.0 Å². The molecule has 5 heteroatoms. The molecule has 2 aromatic rings. The summed E-state index contributed by atoms with van der Waals surface area (Å²) in [4.78, 5) is 18.0. The highest BCUT2D eigenvalue weighted by Crippen LogP contribution is 2.64. The summed E-state index contributed by atoms with van der Waals surface area (Å²) >= 11 is 0. The second-order valence-electron chi connectivity index (χ2n) is 11.4. The Kier molecular flexibility index (Phi) is 4.82. The number of hydrogen-bond acceptors (Lipinski definition) is 4. The number of carbonyl (C=O) groups is 1. The second kappa shape index (κ2) is 7.86. The molecule has 1 amide bonds. The Hall–Kier alpha value is -2.79. The van der Waals surface area contributed by atoms with E-state index in [0.29, 0.717) is 17.7 Å². The van der Waals surface area contributed by atoms with Crippen molar-refractivity contribution in [2.75, 3.05) is 20.1 Å². The molecule has 2 bridgehead atoms. The maximum Gasteiger partial charge on any atom is 0.246 e. The lowest BCUT2D eigenvalue weighted by Crippen LogP contribution is -2.69. The van der Waals surface area contributed by atoms with Gasteiger partial charge in [0.15, 0.2) is 11.5 Å². The van der Waals surface area contributed by atoms with Gasteiger partial charge in [0.05, 0.1) is 6.04 Å². The molecule has 5 nitrogen and oxygen atoms in total. The first-order chi connectivity index (χ1) is 17.1. The van der Waals surface area contributed by atoms with Crippen molar-refractivity contribution in [3.8, 4) is 11.5 Å². The van der Waals surface area contributed by atoms with Gasteiger partial charge < -0.3 is 14.7 Å². The summed E-state index contributed by atoms with van der Waals surface area (Å²) < 4.78 is 6.70. The molecule has 0 radical (unpaired) electrons. The Morgan fingerprint density at radius 1 is 1.17 bits per heavy atom. The molecule has 2 saturated carbocycles. The molecule has 0 aromatic heterocycles. The zero-order valence-electron chi connectivity index (χ0n) is 20.4. The van der Waals surface area contributed by atoms with Gasteiger partial charge in [-0.25, -0.2) is 0 Å². The van der Waals surface area contributed by atoms with E-state index < -0.39 is 0 Å². The van der Waals surface area contributed by atoms with E-state index in [9.17, 15) is 9.90 Å². The van der Waals surface area contributed by atoms with Gasteiger partial charge >= 0.3 is 0 Å². The summed E-state index contributed by atoms with van der Waals surface area (Å²) in [7, 11) is 1.93. The van der Waals surface area contributed by atoms with Gasteiger partial charge in [0.2, 0.25) is 5.91 Å². The number of piperidine rings is 1. The lowest BCUT2D eigenvalue weighted by molar-refractivity contribution is -0.135. The SMILES string of the molecule is CN(C(=O)C=Cc1ccccc1)[C@@H]1CC[C@H]2[C@H]3Cc4ccc(O)c5c4[C@@]2(CCN3CC2CC2)[C@H]1O5. The Labute approximate surface area is 207 Å². The number of aromatic hydroxyl groups is 1. The Balaban J connectivity index is 1.23. The molecule has 2 aliphatic heterocycles. The van der Waals surface area contributed by atoms with Crippen molar-refractivity contribution >= 4 is 12.0 Å². The molecule has 1 spiro atoms. The first kappa shape index (κ1) is 21.5. The Morgan fingerprint density at radius 2 is 2.00 bits per heavy atom. The highest BCUT2D eigenvalue weighted by atomic mass is 16.5. The molecule has 35 heavy (non-hydrogen) atoms. The first-order valence-electron chi connectivity index (χ1n) is 13.3. The lowest BCUT2D eigenvalue weighted by Gasteiger charge is -2.60. The van der Waals surface area contributed by atoms with Gasteiger partial charge in [-0.15, -0.1) is 0 Å². The van der Waals surface area contributed by atoms with Gasteiger partial charge in [0.25, 0.3) is 0 Å². The van der Waals surface area contributed by atoms with Gasteiger partial charge in [0, 0.05) is 36.7 Å². The zero-order valence-corrected chi connectivity index (χ0v) is 20.4. The molecule has 1 N–H and O–H groups in total. The monoisotopic (exact) mass is 470 g/mol. The molecule has 3 aliphatic carbocycles. The van der Waals surface area contributed by atoms with E-state index in [1.54, 1.807) is 6.08 Å².